The van der Waals surface area contributed by atoms with Crippen LogP contribution in [0.1, 0.15) is 103 Å². The lowest BCUT2D eigenvalue weighted by molar-refractivity contribution is -0.527. The molecule has 234 valence electrons. The summed E-state index contributed by atoms with van der Waals surface area (Å²) in [6.07, 6.45) is 15.5. The van der Waals surface area contributed by atoms with E-state index in [1.54, 1.807) is 18.2 Å². The molecule has 43 heavy (non-hydrogen) atoms. The molecule has 2 aromatic carbocycles. The van der Waals surface area contributed by atoms with Crippen LogP contribution in [-0.4, -0.2) is 49.4 Å². The molecule has 1 aliphatic rings. The minimum Gasteiger partial charge on any atom is -0.744 e. The summed E-state index contributed by atoms with van der Waals surface area (Å²) >= 11 is 0. The normalized spacial score (nSPS) is 14.6. The van der Waals surface area contributed by atoms with Crippen molar-refractivity contribution in [2.45, 2.75) is 97.8 Å². The molecule has 0 fully saturated rings. The molecule has 0 unspecified atom stereocenters. The lowest BCUT2D eigenvalue weighted by atomic mass is 9.88. The zero-order chi connectivity index (χ0) is 31.4. The number of unbranched alkanes of at least 4 members (excludes halogenated alkanes) is 4. The smallest absolute Gasteiger partial charge is 0.202 e. The average Bonchev–Trinajstić information content (AvgIpc) is 2.98. The van der Waals surface area contributed by atoms with Crippen molar-refractivity contribution < 1.29 is 17.5 Å². The highest BCUT2D eigenvalue weighted by Crippen LogP contribution is 2.36. The van der Waals surface area contributed by atoms with Crippen molar-refractivity contribution in [1.82, 2.24) is 0 Å². The van der Waals surface area contributed by atoms with Gasteiger partial charge in [-0.25, -0.2) is 13.0 Å². The Bertz CT molecular complexity index is 1450. The highest BCUT2D eigenvalue weighted by atomic mass is 32.2. The molecule has 0 amide bonds. The van der Waals surface area contributed by atoms with Crippen LogP contribution in [0.3, 0.4) is 0 Å². The Labute approximate surface area is 261 Å². The largest absolute Gasteiger partial charge is 0.744 e. The van der Waals surface area contributed by atoms with Gasteiger partial charge in [-0.3, -0.25) is 0 Å². The lowest BCUT2D eigenvalue weighted by Crippen LogP contribution is -2.26. The molecule has 0 atom stereocenters. The Kier molecular flexibility index (Phi) is 13.5. The van der Waals surface area contributed by atoms with Crippen LogP contribution in [0.15, 0.2) is 76.7 Å². The van der Waals surface area contributed by atoms with E-state index in [1.165, 1.54) is 17.5 Å². The van der Waals surface area contributed by atoms with Crippen LogP contribution in [0, 0.1) is 6.92 Å². The Morgan fingerprint density at radius 2 is 1.42 bits per heavy atom. The zero-order valence-corrected chi connectivity index (χ0v) is 28.1. The van der Waals surface area contributed by atoms with Crippen LogP contribution >= 0.6 is 0 Å². The Hall–Kier alpha value is -2.96. The average molecular weight is 605 g/mol. The van der Waals surface area contributed by atoms with Gasteiger partial charge < -0.3 is 9.45 Å². The first-order valence-electron chi connectivity index (χ1n) is 16.3. The maximum absolute atomic E-state index is 12.5. The summed E-state index contributed by atoms with van der Waals surface area (Å²) in [5.41, 5.74) is 7.73. The number of benzene rings is 2. The number of aryl methyl sites for hydroxylation is 1. The summed E-state index contributed by atoms with van der Waals surface area (Å²) in [5, 5.41) is 0. The third-order valence-electron chi connectivity index (χ3n) is 8.20. The maximum Gasteiger partial charge on any atom is 0.202 e. The Morgan fingerprint density at radius 3 is 1.95 bits per heavy atom. The number of rotatable bonds is 16. The lowest BCUT2D eigenvalue weighted by Gasteiger charge is -2.27. The van der Waals surface area contributed by atoms with E-state index >= 15 is 0 Å². The molecule has 0 bridgehead atoms. The highest BCUT2D eigenvalue weighted by Gasteiger charge is 2.22. The van der Waals surface area contributed by atoms with Crippen LogP contribution in [-0.2, 0) is 10.1 Å². The van der Waals surface area contributed by atoms with E-state index in [0.29, 0.717) is 5.56 Å². The zero-order valence-electron chi connectivity index (χ0n) is 27.3. The van der Waals surface area contributed by atoms with Crippen molar-refractivity contribution in [2.75, 3.05) is 31.1 Å². The second-order valence-electron chi connectivity index (χ2n) is 11.7. The standard InChI is InChI=1S/C37H52N2O3S/c1-7-11-23-38(24-12-8-2)34-21-19-31(27-29(34)5)37(33-17-15-16-18-36(33)43(40,41)42)32-20-22-35(30(6)28-32)39(25-13-9-3)26-14-10-4/h15-22,27-28H,7-14,23-26H2,1-6H3. The quantitative estimate of drug-likeness (QED) is 0.142. The molecule has 6 heteroatoms. The monoisotopic (exact) mass is 604 g/mol. The first-order valence-corrected chi connectivity index (χ1v) is 17.7. The van der Waals surface area contributed by atoms with Gasteiger partial charge in [0.1, 0.15) is 23.2 Å². The summed E-state index contributed by atoms with van der Waals surface area (Å²) in [4.78, 5) is 2.29. The van der Waals surface area contributed by atoms with Gasteiger partial charge in [0.25, 0.3) is 0 Å². The molecule has 0 heterocycles. The minimum absolute atomic E-state index is 0.187. The first kappa shape index (κ1) is 34.5. The first-order chi connectivity index (χ1) is 20.7. The Balaban J connectivity index is 2.23. The van der Waals surface area contributed by atoms with E-state index in [2.05, 4.69) is 87.4 Å². The third kappa shape index (κ3) is 9.26. The summed E-state index contributed by atoms with van der Waals surface area (Å²) in [5.74, 6) is 0. The number of nitrogens with zero attached hydrogens (tertiary/aromatic N) is 2. The molecular formula is C37H52N2O3S. The van der Waals surface area contributed by atoms with Crippen LogP contribution in [0.2, 0.25) is 0 Å². The molecule has 0 N–H and O–H groups in total. The second kappa shape index (κ2) is 16.8. The molecule has 1 aliphatic carbocycles. The molecule has 5 nitrogen and oxygen atoms in total. The third-order valence-corrected chi connectivity index (χ3v) is 9.10. The van der Waals surface area contributed by atoms with Crippen molar-refractivity contribution in [1.29, 1.82) is 0 Å². The van der Waals surface area contributed by atoms with Crippen LogP contribution in [0.4, 0.5) is 5.69 Å². The van der Waals surface area contributed by atoms with Gasteiger partial charge in [0, 0.05) is 48.8 Å². The van der Waals surface area contributed by atoms with Crippen molar-refractivity contribution in [2.24, 2.45) is 0 Å². The van der Waals surface area contributed by atoms with E-state index in [1.807, 2.05) is 0 Å². The molecule has 0 saturated carbocycles. The fourth-order valence-corrected chi connectivity index (χ4v) is 6.49. The van der Waals surface area contributed by atoms with Gasteiger partial charge in [-0.2, -0.15) is 0 Å². The van der Waals surface area contributed by atoms with Crippen LogP contribution in [0.5, 0.6) is 0 Å². The minimum atomic E-state index is -4.69. The summed E-state index contributed by atoms with van der Waals surface area (Å²) < 4.78 is 39.9. The fraction of sp³-hybridized carbons (Fsp3) is 0.486. The van der Waals surface area contributed by atoms with Gasteiger partial charge in [0.05, 0.1) is 4.90 Å². The molecule has 3 rings (SSSR count). The van der Waals surface area contributed by atoms with Gasteiger partial charge in [0.2, 0.25) is 5.71 Å². The van der Waals surface area contributed by atoms with Crippen LogP contribution in [0.25, 0.3) is 5.57 Å². The van der Waals surface area contributed by atoms with Gasteiger partial charge in [0.15, 0.2) is 0 Å². The number of hydrogen-bond donors (Lipinski definition) is 0. The highest BCUT2D eigenvalue weighted by molar-refractivity contribution is 7.85. The van der Waals surface area contributed by atoms with Crippen molar-refractivity contribution in [3.63, 3.8) is 0 Å². The SMILES string of the molecule is CCCCN(CCCC)c1ccc(/C(=C2\C=CC(=[N+](CCCC)CCCC)C(C)=C2)c2ccccc2S(=O)(=O)[O-])cc1C. The summed E-state index contributed by atoms with van der Waals surface area (Å²) in [6.45, 7) is 17.2. The maximum atomic E-state index is 12.5. The summed E-state index contributed by atoms with van der Waals surface area (Å²) in [6, 6.07) is 13.0. The number of anilines is 1. The number of hydrogen-bond acceptors (Lipinski definition) is 4. The number of allylic oxidation sites excluding steroid dienone is 5. The molecule has 0 aromatic heterocycles. The molecule has 2 aromatic rings. The molecule has 0 aliphatic heterocycles. The van der Waals surface area contributed by atoms with Gasteiger partial charge in [-0.05, 0) is 79.3 Å². The van der Waals surface area contributed by atoms with Crippen LogP contribution < -0.4 is 4.90 Å². The van der Waals surface area contributed by atoms with E-state index in [-0.39, 0.29) is 4.90 Å². The van der Waals surface area contributed by atoms with Gasteiger partial charge in [-0.15, -0.1) is 0 Å². The second-order valence-corrected chi connectivity index (χ2v) is 13.1. The summed E-state index contributed by atoms with van der Waals surface area (Å²) in [7, 11) is -4.69. The van der Waals surface area contributed by atoms with Crippen molar-refractivity contribution in [3.8, 4) is 0 Å². The van der Waals surface area contributed by atoms with E-state index in [4.69, 9.17) is 0 Å². The van der Waals surface area contributed by atoms with Gasteiger partial charge in [-0.1, -0.05) is 77.6 Å². The van der Waals surface area contributed by atoms with E-state index in [0.717, 1.165) is 105 Å². The predicted molar refractivity (Wildman–Crippen MR) is 181 cm³/mol. The Morgan fingerprint density at radius 1 is 0.814 bits per heavy atom. The van der Waals surface area contributed by atoms with Gasteiger partial charge >= 0.3 is 0 Å². The van der Waals surface area contributed by atoms with E-state index < -0.39 is 10.1 Å². The van der Waals surface area contributed by atoms with Crippen molar-refractivity contribution >= 4 is 27.1 Å². The molecular weight excluding hydrogens is 552 g/mol. The molecule has 0 spiro atoms. The van der Waals surface area contributed by atoms with E-state index in [9.17, 15) is 13.0 Å². The molecule has 0 saturated heterocycles. The predicted octanol–water partition coefficient (Wildman–Crippen LogP) is 8.68. The fourth-order valence-electron chi connectivity index (χ4n) is 5.80. The molecule has 0 radical (unpaired) electrons. The van der Waals surface area contributed by atoms with Crippen molar-refractivity contribution in [3.05, 3.63) is 88.5 Å². The topological polar surface area (TPSA) is 63.5 Å².